The summed E-state index contributed by atoms with van der Waals surface area (Å²) < 4.78 is 1.64. The number of rotatable bonds is 3. The predicted octanol–water partition coefficient (Wildman–Crippen LogP) is 3.94. The van der Waals surface area contributed by atoms with E-state index in [2.05, 4.69) is 19.2 Å². The second-order valence-corrected chi connectivity index (χ2v) is 10.8. The first kappa shape index (κ1) is 23.0. The number of para-hydroxylation sites is 3. The Morgan fingerprint density at radius 3 is 2.34 bits per heavy atom. The van der Waals surface area contributed by atoms with Gasteiger partial charge in [0.15, 0.2) is 0 Å². The normalized spacial score (nSPS) is 25.5. The first-order chi connectivity index (χ1) is 18.4. The van der Waals surface area contributed by atoms with E-state index in [9.17, 15) is 14.4 Å². The number of nitrogens with one attached hydrogen (secondary N) is 1. The van der Waals surface area contributed by atoms with Gasteiger partial charge in [-0.15, -0.1) is 0 Å². The highest BCUT2D eigenvalue weighted by molar-refractivity contribution is 6.23. The quantitative estimate of drug-likeness (QED) is 0.428. The van der Waals surface area contributed by atoms with Crippen molar-refractivity contribution in [3.8, 4) is 5.69 Å². The Bertz CT molecular complexity index is 1720. The molecule has 190 valence electrons. The molecule has 7 rings (SSSR count). The third kappa shape index (κ3) is 2.72. The minimum absolute atomic E-state index is 0.0633. The van der Waals surface area contributed by atoms with Crippen LogP contribution in [0.4, 0.5) is 5.69 Å². The number of carbonyl (C=O) groups is 2. The lowest BCUT2D eigenvalue weighted by atomic mass is 9.75. The maximum Gasteiger partial charge on any atom is 0.266 e. The van der Waals surface area contributed by atoms with Crippen LogP contribution in [-0.4, -0.2) is 27.4 Å². The lowest BCUT2D eigenvalue weighted by Gasteiger charge is -2.32. The summed E-state index contributed by atoms with van der Waals surface area (Å²) in [4.78, 5) is 49.0. The molecule has 0 aliphatic carbocycles. The monoisotopic (exact) mass is 504 g/mol. The molecule has 7 nitrogen and oxygen atoms in total. The molecule has 2 amide bonds. The van der Waals surface area contributed by atoms with Crippen LogP contribution in [0.5, 0.6) is 0 Å². The van der Waals surface area contributed by atoms with Crippen molar-refractivity contribution in [1.82, 2.24) is 14.9 Å². The van der Waals surface area contributed by atoms with E-state index in [0.29, 0.717) is 34.5 Å². The number of imide groups is 1. The van der Waals surface area contributed by atoms with E-state index in [1.54, 1.807) is 10.6 Å². The van der Waals surface area contributed by atoms with Crippen LogP contribution in [0.15, 0.2) is 77.6 Å². The van der Waals surface area contributed by atoms with Crippen molar-refractivity contribution in [3.63, 3.8) is 0 Å². The smallest absolute Gasteiger partial charge is 0.266 e. The molecule has 1 spiro atoms. The van der Waals surface area contributed by atoms with Crippen LogP contribution < -0.4 is 15.8 Å². The third-order valence-corrected chi connectivity index (χ3v) is 8.63. The number of benzene rings is 3. The van der Waals surface area contributed by atoms with Crippen LogP contribution in [0, 0.1) is 17.8 Å². The van der Waals surface area contributed by atoms with Gasteiger partial charge < -0.3 is 0 Å². The van der Waals surface area contributed by atoms with E-state index in [0.717, 1.165) is 11.1 Å². The SMILES string of the molecule is CCc1ccccc1N1C(=O)C2C(C(C)C)NC3(c4ccccc4-n4c3nc3ccccc3c4=O)C2C1=O. The molecule has 2 fully saturated rings. The van der Waals surface area contributed by atoms with E-state index in [1.165, 1.54) is 4.90 Å². The first-order valence-corrected chi connectivity index (χ1v) is 13.3. The zero-order valence-electron chi connectivity index (χ0n) is 21.5. The summed E-state index contributed by atoms with van der Waals surface area (Å²) >= 11 is 0. The Morgan fingerprint density at radius 1 is 0.895 bits per heavy atom. The minimum atomic E-state index is -1.11. The molecule has 1 N–H and O–H groups in total. The summed E-state index contributed by atoms with van der Waals surface area (Å²) in [6.07, 6.45) is 0.703. The molecule has 0 bridgehead atoms. The lowest BCUT2D eigenvalue weighted by molar-refractivity contribution is -0.123. The number of amides is 2. The molecule has 0 radical (unpaired) electrons. The number of fused-ring (bicyclic) bond motifs is 8. The van der Waals surface area contributed by atoms with Crippen molar-refractivity contribution in [1.29, 1.82) is 0 Å². The van der Waals surface area contributed by atoms with Gasteiger partial charge in [-0.25, -0.2) is 9.88 Å². The predicted molar refractivity (Wildman–Crippen MR) is 145 cm³/mol. The van der Waals surface area contributed by atoms with Crippen LogP contribution in [0.3, 0.4) is 0 Å². The van der Waals surface area contributed by atoms with E-state index >= 15 is 0 Å². The van der Waals surface area contributed by atoms with Crippen LogP contribution in [0.25, 0.3) is 16.6 Å². The molecule has 4 aromatic rings. The second kappa shape index (κ2) is 7.95. The van der Waals surface area contributed by atoms with Crippen molar-refractivity contribution in [3.05, 3.63) is 100 Å². The van der Waals surface area contributed by atoms with Crippen molar-refractivity contribution in [2.45, 2.75) is 38.8 Å². The van der Waals surface area contributed by atoms with Crippen LogP contribution in [0.1, 0.15) is 37.7 Å². The van der Waals surface area contributed by atoms with E-state index in [-0.39, 0.29) is 29.3 Å². The van der Waals surface area contributed by atoms with Gasteiger partial charge in [-0.1, -0.05) is 69.3 Å². The molecule has 7 heteroatoms. The summed E-state index contributed by atoms with van der Waals surface area (Å²) in [6, 6.07) is 22.3. The van der Waals surface area contributed by atoms with Gasteiger partial charge >= 0.3 is 0 Å². The summed E-state index contributed by atoms with van der Waals surface area (Å²) in [5, 5.41) is 4.26. The molecule has 3 aliphatic rings. The number of hydrogen-bond acceptors (Lipinski definition) is 5. The standard InChI is InChI=1S/C31H28N4O3/c1-4-18-11-5-9-15-22(18)34-28(37)24-25(29(34)38)31(33-26(24)17(2)3)20-13-7-10-16-23(20)35-27(36)19-12-6-8-14-21(19)32-30(31)35/h5-17,24-26,33H,4H2,1-3H3. The second-order valence-electron chi connectivity index (χ2n) is 10.8. The molecule has 4 heterocycles. The molecule has 2 saturated heterocycles. The number of aryl methyl sites for hydroxylation is 1. The van der Waals surface area contributed by atoms with Crippen LogP contribution >= 0.6 is 0 Å². The lowest BCUT2D eigenvalue weighted by Crippen LogP contribution is -2.51. The highest BCUT2D eigenvalue weighted by Crippen LogP contribution is 2.56. The summed E-state index contributed by atoms with van der Waals surface area (Å²) in [5.74, 6) is -1.23. The van der Waals surface area contributed by atoms with Crippen molar-refractivity contribution >= 4 is 28.4 Å². The molecule has 0 saturated carbocycles. The van der Waals surface area contributed by atoms with Crippen molar-refractivity contribution in [2.24, 2.45) is 17.8 Å². The molecule has 4 unspecified atom stereocenters. The van der Waals surface area contributed by atoms with Gasteiger partial charge in [0.25, 0.3) is 5.56 Å². The summed E-state index contributed by atoms with van der Waals surface area (Å²) in [5.41, 5.74) is 2.40. The average Bonchev–Trinajstić information content (AvgIpc) is 3.52. The van der Waals surface area contributed by atoms with Gasteiger partial charge in [0.1, 0.15) is 11.4 Å². The Hall–Kier alpha value is -4.10. The fourth-order valence-electron chi connectivity index (χ4n) is 6.99. The average molecular weight is 505 g/mol. The molecule has 1 aromatic heterocycles. The highest BCUT2D eigenvalue weighted by Gasteiger charge is 2.70. The topological polar surface area (TPSA) is 84.3 Å². The van der Waals surface area contributed by atoms with Crippen molar-refractivity contribution in [2.75, 3.05) is 4.90 Å². The first-order valence-electron chi connectivity index (χ1n) is 13.3. The summed E-state index contributed by atoms with van der Waals surface area (Å²) in [6.45, 7) is 6.15. The van der Waals surface area contributed by atoms with Gasteiger partial charge in [0.2, 0.25) is 11.8 Å². The van der Waals surface area contributed by atoms with E-state index in [1.807, 2.05) is 73.7 Å². The summed E-state index contributed by atoms with van der Waals surface area (Å²) in [7, 11) is 0. The zero-order chi connectivity index (χ0) is 26.3. The van der Waals surface area contributed by atoms with Gasteiger partial charge in [-0.05, 0) is 42.2 Å². The van der Waals surface area contributed by atoms with Crippen LogP contribution in [-0.2, 0) is 21.5 Å². The fraction of sp³-hybridized carbons (Fsp3) is 0.290. The highest BCUT2D eigenvalue weighted by atomic mass is 16.2. The largest absolute Gasteiger partial charge is 0.296 e. The van der Waals surface area contributed by atoms with Gasteiger partial charge in [-0.3, -0.25) is 24.3 Å². The molecule has 4 atom stereocenters. The van der Waals surface area contributed by atoms with Gasteiger partial charge in [0, 0.05) is 11.6 Å². The van der Waals surface area contributed by atoms with E-state index < -0.39 is 17.4 Å². The molecule has 38 heavy (non-hydrogen) atoms. The van der Waals surface area contributed by atoms with Crippen LogP contribution in [0.2, 0.25) is 0 Å². The Balaban J connectivity index is 1.54. The number of hydrogen-bond donors (Lipinski definition) is 1. The molecular weight excluding hydrogens is 476 g/mol. The maximum atomic E-state index is 14.5. The molecule has 3 aliphatic heterocycles. The number of anilines is 1. The van der Waals surface area contributed by atoms with Gasteiger partial charge in [-0.2, -0.15) is 0 Å². The number of nitrogens with zero attached hydrogens (tertiary/aromatic N) is 3. The Kier molecular flexibility index (Phi) is 4.82. The molecule has 3 aromatic carbocycles. The molecular formula is C31H28N4O3. The maximum absolute atomic E-state index is 14.5. The Labute approximate surface area is 220 Å². The Morgan fingerprint density at radius 2 is 1.58 bits per heavy atom. The van der Waals surface area contributed by atoms with Gasteiger partial charge in [0.05, 0.1) is 34.1 Å². The van der Waals surface area contributed by atoms with Crippen molar-refractivity contribution < 1.29 is 9.59 Å². The third-order valence-electron chi connectivity index (χ3n) is 8.63. The zero-order valence-corrected chi connectivity index (χ0v) is 21.5. The minimum Gasteiger partial charge on any atom is -0.296 e. The number of aromatic nitrogens is 2. The number of carbonyl (C=O) groups excluding carboxylic acids is 2. The fourth-order valence-corrected chi connectivity index (χ4v) is 6.99. The van der Waals surface area contributed by atoms with E-state index in [4.69, 9.17) is 4.98 Å².